The summed E-state index contributed by atoms with van der Waals surface area (Å²) >= 11 is 0. The molecule has 3 rings (SSSR count). The van der Waals surface area contributed by atoms with Gasteiger partial charge in [-0.3, -0.25) is 0 Å². The lowest BCUT2D eigenvalue weighted by atomic mass is 10.1. The summed E-state index contributed by atoms with van der Waals surface area (Å²) in [6.45, 7) is 0. The second kappa shape index (κ2) is 6.58. The fourth-order valence-electron chi connectivity index (χ4n) is 2.56. The van der Waals surface area contributed by atoms with Gasteiger partial charge in [-0.15, -0.1) is 0 Å². The quantitative estimate of drug-likeness (QED) is 0.707. The van der Waals surface area contributed by atoms with Crippen LogP contribution < -0.4 is 14.2 Å². The predicted molar refractivity (Wildman–Crippen MR) is 92.9 cm³/mol. The molecule has 1 N–H and O–H groups in total. The average Bonchev–Trinajstić information content (AvgIpc) is 3.08. The van der Waals surface area contributed by atoms with E-state index in [1.807, 2.05) is 30.4 Å². The van der Waals surface area contributed by atoms with Gasteiger partial charge in [0.25, 0.3) is 0 Å². The van der Waals surface area contributed by atoms with Crippen molar-refractivity contribution in [2.75, 3.05) is 21.3 Å². The van der Waals surface area contributed by atoms with Gasteiger partial charge in [0.1, 0.15) is 11.3 Å². The molecular weight excluding hydrogens is 308 g/mol. The van der Waals surface area contributed by atoms with Gasteiger partial charge in [-0.25, -0.2) is 0 Å². The molecule has 0 saturated carbocycles. The van der Waals surface area contributed by atoms with E-state index in [2.05, 4.69) is 0 Å². The molecule has 124 valence electrons. The minimum Gasteiger partial charge on any atom is -0.507 e. The first kappa shape index (κ1) is 15.8. The smallest absolute Gasteiger partial charge is 0.203 e. The Morgan fingerprint density at radius 1 is 0.875 bits per heavy atom. The Morgan fingerprint density at radius 2 is 1.50 bits per heavy atom. The second-order valence-corrected chi connectivity index (χ2v) is 5.16. The van der Waals surface area contributed by atoms with Gasteiger partial charge < -0.3 is 23.7 Å². The standard InChI is InChI=1S/C19H18O5/c1-21-17-10-13(11-18(22-2)19(17)23-3)5-4-12-8-15(20)14-6-7-24-16(14)9-12/h4-11,20H,1-3H3/b5-4-. The molecule has 0 bridgehead atoms. The lowest BCUT2D eigenvalue weighted by Crippen LogP contribution is -1.95. The van der Waals surface area contributed by atoms with E-state index in [1.165, 1.54) is 0 Å². The van der Waals surface area contributed by atoms with Crippen LogP contribution in [-0.2, 0) is 0 Å². The first-order valence-corrected chi connectivity index (χ1v) is 7.34. The van der Waals surface area contributed by atoms with Crippen molar-refractivity contribution in [2.45, 2.75) is 0 Å². The summed E-state index contributed by atoms with van der Waals surface area (Å²) < 4.78 is 21.3. The third-order valence-electron chi connectivity index (χ3n) is 3.73. The highest BCUT2D eigenvalue weighted by Crippen LogP contribution is 2.38. The van der Waals surface area contributed by atoms with E-state index >= 15 is 0 Å². The number of phenols is 1. The summed E-state index contributed by atoms with van der Waals surface area (Å²) in [7, 11) is 4.72. The zero-order valence-electron chi connectivity index (χ0n) is 13.7. The molecular formula is C19H18O5. The zero-order chi connectivity index (χ0) is 17.1. The summed E-state index contributed by atoms with van der Waals surface area (Å²) in [6, 6.07) is 8.99. The molecule has 5 heteroatoms. The Hall–Kier alpha value is -3.08. The third kappa shape index (κ3) is 2.88. The molecule has 0 spiro atoms. The van der Waals surface area contributed by atoms with E-state index in [4.69, 9.17) is 18.6 Å². The molecule has 0 aliphatic rings. The van der Waals surface area contributed by atoms with Crippen LogP contribution in [0.4, 0.5) is 0 Å². The molecule has 5 nitrogen and oxygen atoms in total. The van der Waals surface area contributed by atoms with Gasteiger partial charge in [0.15, 0.2) is 11.5 Å². The van der Waals surface area contributed by atoms with Crippen LogP contribution in [-0.4, -0.2) is 26.4 Å². The van der Waals surface area contributed by atoms with Crippen LogP contribution in [0.1, 0.15) is 11.1 Å². The fraction of sp³-hybridized carbons (Fsp3) is 0.158. The molecule has 0 fully saturated rings. The lowest BCUT2D eigenvalue weighted by Gasteiger charge is -2.12. The molecule has 3 aromatic rings. The number of fused-ring (bicyclic) bond motifs is 1. The molecule has 0 aliphatic carbocycles. The number of ether oxygens (including phenoxy) is 3. The van der Waals surface area contributed by atoms with Crippen LogP contribution in [0, 0.1) is 0 Å². The van der Waals surface area contributed by atoms with E-state index in [1.54, 1.807) is 39.7 Å². The lowest BCUT2D eigenvalue weighted by molar-refractivity contribution is 0.324. The van der Waals surface area contributed by atoms with Crippen molar-refractivity contribution in [1.82, 2.24) is 0 Å². The Bertz CT molecular complexity index is 867. The van der Waals surface area contributed by atoms with Crippen LogP contribution in [0.5, 0.6) is 23.0 Å². The van der Waals surface area contributed by atoms with Crippen LogP contribution in [0.3, 0.4) is 0 Å². The highest BCUT2D eigenvalue weighted by atomic mass is 16.5. The third-order valence-corrected chi connectivity index (χ3v) is 3.73. The maximum Gasteiger partial charge on any atom is 0.203 e. The average molecular weight is 326 g/mol. The number of hydrogen-bond donors (Lipinski definition) is 1. The van der Waals surface area contributed by atoms with E-state index in [9.17, 15) is 5.11 Å². The van der Waals surface area contributed by atoms with Gasteiger partial charge in [0.05, 0.1) is 33.0 Å². The maximum absolute atomic E-state index is 10.0. The van der Waals surface area contributed by atoms with Gasteiger partial charge in [-0.2, -0.15) is 0 Å². The number of rotatable bonds is 5. The van der Waals surface area contributed by atoms with Crippen molar-refractivity contribution in [3.63, 3.8) is 0 Å². The van der Waals surface area contributed by atoms with Crippen molar-refractivity contribution >= 4 is 23.1 Å². The number of hydrogen-bond acceptors (Lipinski definition) is 5. The van der Waals surface area contributed by atoms with Crippen molar-refractivity contribution in [1.29, 1.82) is 0 Å². The Kier molecular flexibility index (Phi) is 4.33. The van der Waals surface area contributed by atoms with Gasteiger partial charge in [-0.05, 0) is 41.5 Å². The summed E-state index contributed by atoms with van der Waals surface area (Å²) in [5.41, 5.74) is 2.34. The van der Waals surface area contributed by atoms with Gasteiger partial charge in [-0.1, -0.05) is 12.2 Å². The zero-order valence-corrected chi connectivity index (χ0v) is 13.7. The number of methoxy groups -OCH3 is 3. The predicted octanol–water partition coefficient (Wildman–Crippen LogP) is 4.33. The minimum atomic E-state index is 0.186. The second-order valence-electron chi connectivity index (χ2n) is 5.16. The van der Waals surface area contributed by atoms with E-state index in [0.29, 0.717) is 28.2 Å². The molecule has 1 heterocycles. The normalized spacial score (nSPS) is 11.1. The number of benzene rings is 2. The molecule has 0 saturated heterocycles. The highest BCUT2D eigenvalue weighted by Gasteiger charge is 2.12. The van der Waals surface area contributed by atoms with Crippen molar-refractivity contribution < 1.29 is 23.7 Å². The van der Waals surface area contributed by atoms with Crippen LogP contribution in [0.15, 0.2) is 41.0 Å². The van der Waals surface area contributed by atoms with Crippen molar-refractivity contribution in [3.05, 3.63) is 47.7 Å². The highest BCUT2D eigenvalue weighted by molar-refractivity contribution is 5.87. The molecule has 0 amide bonds. The molecule has 24 heavy (non-hydrogen) atoms. The van der Waals surface area contributed by atoms with Crippen LogP contribution in [0.2, 0.25) is 0 Å². The Balaban J connectivity index is 1.98. The summed E-state index contributed by atoms with van der Waals surface area (Å²) in [5, 5.41) is 10.7. The topological polar surface area (TPSA) is 61.1 Å². The van der Waals surface area contributed by atoms with Gasteiger partial charge >= 0.3 is 0 Å². The first-order valence-electron chi connectivity index (χ1n) is 7.34. The molecule has 0 atom stereocenters. The van der Waals surface area contributed by atoms with Crippen molar-refractivity contribution in [2.24, 2.45) is 0 Å². The molecule has 2 aromatic carbocycles. The van der Waals surface area contributed by atoms with Gasteiger partial charge in [0, 0.05) is 0 Å². The number of aromatic hydroxyl groups is 1. The Labute approximate surface area is 139 Å². The Morgan fingerprint density at radius 3 is 2.08 bits per heavy atom. The monoisotopic (exact) mass is 326 g/mol. The molecule has 1 aromatic heterocycles. The number of furan rings is 1. The fourth-order valence-corrected chi connectivity index (χ4v) is 2.56. The molecule has 0 aliphatic heterocycles. The van der Waals surface area contributed by atoms with E-state index in [0.717, 1.165) is 11.1 Å². The summed E-state index contributed by atoms with van der Waals surface area (Å²) in [6.07, 6.45) is 5.33. The molecule has 0 unspecified atom stereocenters. The largest absolute Gasteiger partial charge is 0.507 e. The van der Waals surface area contributed by atoms with Crippen LogP contribution in [0.25, 0.3) is 23.1 Å². The maximum atomic E-state index is 10.0. The van der Waals surface area contributed by atoms with E-state index in [-0.39, 0.29) is 5.75 Å². The molecule has 0 radical (unpaired) electrons. The van der Waals surface area contributed by atoms with E-state index < -0.39 is 0 Å². The van der Waals surface area contributed by atoms with Crippen LogP contribution >= 0.6 is 0 Å². The minimum absolute atomic E-state index is 0.186. The summed E-state index contributed by atoms with van der Waals surface area (Å²) in [4.78, 5) is 0. The van der Waals surface area contributed by atoms with Crippen molar-refractivity contribution in [3.8, 4) is 23.0 Å². The SMILES string of the molecule is COc1cc(/C=C\c2cc(O)c3ccoc3c2)cc(OC)c1OC. The summed E-state index contributed by atoms with van der Waals surface area (Å²) in [5.74, 6) is 1.90. The number of phenolic OH excluding ortho intramolecular Hbond substituents is 1. The van der Waals surface area contributed by atoms with Gasteiger partial charge in [0.2, 0.25) is 5.75 Å². The first-order chi connectivity index (χ1) is 11.7.